The highest BCUT2D eigenvalue weighted by Gasteiger charge is 2.12. The fourth-order valence-electron chi connectivity index (χ4n) is 2.51. The van der Waals surface area contributed by atoms with Gasteiger partial charge in [0.05, 0.1) is 16.3 Å². The Balaban J connectivity index is 1.91. The summed E-state index contributed by atoms with van der Waals surface area (Å²) in [5.74, 6) is 0. The highest BCUT2D eigenvalue weighted by molar-refractivity contribution is 7.89. The van der Waals surface area contributed by atoms with E-state index in [0.29, 0.717) is 12.2 Å². The molecule has 2 rings (SSSR count). The Morgan fingerprint density at radius 2 is 1.39 bits per heavy atom. The zero-order chi connectivity index (χ0) is 20.4. The summed E-state index contributed by atoms with van der Waals surface area (Å²) < 4.78 is 27.2. The van der Waals surface area contributed by atoms with Gasteiger partial charge in [-0.05, 0) is 61.4 Å². The number of sulfonamides is 1. The minimum Gasteiger partial charge on any atom is -0.396 e. The van der Waals surface area contributed by atoms with Crippen LogP contribution < -0.4 is 9.62 Å². The molecule has 0 bridgehead atoms. The molecule has 152 valence electrons. The van der Waals surface area contributed by atoms with E-state index in [1.54, 1.807) is 12.1 Å². The van der Waals surface area contributed by atoms with Gasteiger partial charge in [0.2, 0.25) is 10.0 Å². The molecule has 0 heterocycles. The van der Waals surface area contributed by atoms with Gasteiger partial charge in [-0.2, -0.15) is 10.2 Å². The third-order valence-corrected chi connectivity index (χ3v) is 5.65. The minimum absolute atomic E-state index is 0.177. The van der Waals surface area contributed by atoms with Gasteiger partial charge < -0.3 is 10.0 Å². The van der Waals surface area contributed by atoms with Crippen LogP contribution in [0.25, 0.3) is 0 Å². The summed E-state index contributed by atoms with van der Waals surface area (Å²) in [6.45, 7) is 0.564. The van der Waals surface area contributed by atoms with Crippen molar-refractivity contribution in [1.82, 2.24) is 4.72 Å². The van der Waals surface area contributed by atoms with Crippen LogP contribution in [0.15, 0.2) is 63.7 Å². The molecule has 0 aliphatic carbocycles. The predicted octanol–water partition coefficient (Wildman–Crippen LogP) is 4.00. The number of nitrogens with one attached hydrogen (secondary N) is 1. The van der Waals surface area contributed by atoms with Gasteiger partial charge in [-0.1, -0.05) is 12.8 Å². The molecule has 0 saturated carbocycles. The molecule has 0 fully saturated rings. The van der Waals surface area contributed by atoms with Crippen LogP contribution in [0.2, 0.25) is 0 Å². The molecule has 0 aliphatic heterocycles. The fraction of sp³-hybridized carbons (Fsp3) is 0.400. The van der Waals surface area contributed by atoms with Gasteiger partial charge in [0.15, 0.2) is 0 Å². The Hall–Kier alpha value is -2.29. The van der Waals surface area contributed by atoms with E-state index in [4.69, 9.17) is 5.11 Å². The molecule has 0 radical (unpaired) electrons. The number of aliphatic hydroxyl groups excluding tert-OH is 1. The largest absolute Gasteiger partial charge is 0.396 e. The van der Waals surface area contributed by atoms with Crippen molar-refractivity contribution in [2.75, 3.05) is 32.1 Å². The van der Waals surface area contributed by atoms with Gasteiger partial charge >= 0.3 is 0 Å². The lowest BCUT2D eigenvalue weighted by Gasteiger charge is -2.11. The van der Waals surface area contributed by atoms with Crippen molar-refractivity contribution in [1.29, 1.82) is 0 Å². The Labute approximate surface area is 167 Å². The highest BCUT2D eigenvalue weighted by Crippen LogP contribution is 2.22. The lowest BCUT2D eigenvalue weighted by molar-refractivity contribution is 0.282. The molecule has 7 nitrogen and oxygen atoms in total. The number of azo groups is 1. The van der Waals surface area contributed by atoms with Crippen molar-refractivity contribution in [3.8, 4) is 0 Å². The van der Waals surface area contributed by atoms with Crippen molar-refractivity contribution in [3.05, 3.63) is 48.5 Å². The Morgan fingerprint density at radius 3 is 1.93 bits per heavy atom. The average molecular weight is 405 g/mol. The molecule has 2 N–H and O–H groups in total. The van der Waals surface area contributed by atoms with Crippen LogP contribution >= 0.6 is 0 Å². The fourth-order valence-corrected chi connectivity index (χ4v) is 3.58. The summed E-state index contributed by atoms with van der Waals surface area (Å²) in [5.41, 5.74) is 2.39. The lowest BCUT2D eigenvalue weighted by Crippen LogP contribution is -2.24. The molecule has 8 heteroatoms. The predicted molar refractivity (Wildman–Crippen MR) is 112 cm³/mol. The first kappa shape index (κ1) is 22.0. The van der Waals surface area contributed by atoms with E-state index in [2.05, 4.69) is 15.0 Å². The first-order chi connectivity index (χ1) is 13.4. The third kappa shape index (κ3) is 7.03. The highest BCUT2D eigenvalue weighted by atomic mass is 32.2. The second-order valence-corrected chi connectivity index (χ2v) is 8.41. The molecule has 0 aromatic heterocycles. The number of rotatable bonds is 11. The molecule has 0 unspecified atom stereocenters. The second kappa shape index (κ2) is 10.9. The smallest absolute Gasteiger partial charge is 0.240 e. The Morgan fingerprint density at radius 1 is 0.857 bits per heavy atom. The van der Waals surface area contributed by atoms with Crippen molar-refractivity contribution in [2.45, 2.75) is 30.6 Å². The molecule has 0 saturated heterocycles. The molecule has 0 atom stereocenters. The maximum absolute atomic E-state index is 12.3. The number of hydrogen-bond acceptors (Lipinski definition) is 6. The van der Waals surface area contributed by atoms with E-state index < -0.39 is 10.0 Å². The van der Waals surface area contributed by atoms with Crippen molar-refractivity contribution < 1.29 is 13.5 Å². The topological polar surface area (TPSA) is 94.4 Å². The normalized spacial score (nSPS) is 11.8. The summed E-state index contributed by atoms with van der Waals surface area (Å²) in [5, 5.41) is 17.1. The van der Waals surface area contributed by atoms with Gasteiger partial charge in [-0.15, -0.1) is 0 Å². The standard InChI is InChI=1S/C20H28N4O3S/c1-24(2)19-11-7-17(8-12-19)22-23-18-9-13-20(14-10-18)28(26,27)21-15-5-3-4-6-16-25/h7-14,21,25H,3-6,15-16H2,1-2H3. The van der Waals surface area contributed by atoms with E-state index in [1.807, 2.05) is 43.3 Å². The van der Waals surface area contributed by atoms with Crippen molar-refractivity contribution >= 4 is 27.1 Å². The first-order valence-electron chi connectivity index (χ1n) is 9.32. The second-order valence-electron chi connectivity index (χ2n) is 6.64. The maximum Gasteiger partial charge on any atom is 0.240 e. The van der Waals surface area contributed by atoms with Gasteiger partial charge in [-0.3, -0.25) is 0 Å². The van der Waals surface area contributed by atoms with E-state index in [0.717, 1.165) is 37.1 Å². The number of aliphatic hydroxyl groups is 1. The SMILES string of the molecule is CN(C)c1ccc(N=Nc2ccc(S(=O)(=O)NCCCCCCO)cc2)cc1. The number of unbranched alkanes of at least 4 members (excludes halogenated alkanes) is 3. The summed E-state index contributed by atoms with van der Waals surface area (Å²) in [6.07, 6.45) is 3.29. The molecular weight excluding hydrogens is 376 g/mol. The molecule has 0 amide bonds. The van der Waals surface area contributed by atoms with Crippen LogP contribution in [0.4, 0.5) is 17.1 Å². The molecule has 2 aromatic carbocycles. The molecule has 2 aromatic rings. The summed E-state index contributed by atoms with van der Waals surface area (Å²) in [6, 6.07) is 14.0. The van der Waals surface area contributed by atoms with Crippen LogP contribution in [0.3, 0.4) is 0 Å². The van der Waals surface area contributed by atoms with E-state index in [1.165, 1.54) is 12.1 Å². The van der Waals surface area contributed by atoms with E-state index >= 15 is 0 Å². The van der Waals surface area contributed by atoms with Crippen LogP contribution in [0.5, 0.6) is 0 Å². The number of benzene rings is 2. The first-order valence-corrected chi connectivity index (χ1v) is 10.8. The van der Waals surface area contributed by atoms with Crippen LogP contribution in [0, 0.1) is 0 Å². The Bertz CT molecular complexity index is 848. The number of anilines is 1. The monoisotopic (exact) mass is 404 g/mol. The van der Waals surface area contributed by atoms with Crippen LogP contribution in [0.1, 0.15) is 25.7 Å². The van der Waals surface area contributed by atoms with E-state index in [9.17, 15) is 8.42 Å². The molecule has 28 heavy (non-hydrogen) atoms. The lowest BCUT2D eigenvalue weighted by atomic mass is 10.2. The minimum atomic E-state index is -3.53. The third-order valence-electron chi connectivity index (χ3n) is 4.17. The quantitative estimate of drug-likeness (QED) is 0.437. The molecule has 0 spiro atoms. The van der Waals surface area contributed by atoms with Crippen LogP contribution in [-0.2, 0) is 10.0 Å². The van der Waals surface area contributed by atoms with Crippen LogP contribution in [-0.4, -0.2) is 40.8 Å². The summed E-state index contributed by atoms with van der Waals surface area (Å²) >= 11 is 0. The zero-order valence-electron chi connectivity index (χ0n) is 16.4. The number of hydrogen-bond donors (Lipinski definition) is 2. The summed E-state index contributed by atoms with van der Waals surface area (Å²) in [7, 11) is 0.415. The number of nitrogens with zero attached hydrogens (tertiary/aromatic N) is 3. The zero-order valence-corrected chi connectivity index (χ0v) is 17.2. The Kier molecular flexibility index (Phi) is 8.56. The van der Waals surface area contributed by atoms with Gasteiger partial charge in [0.25, 0.3) is 0 Å². The van der Waals surface area contributed by atoms with Crippen molar-refractivity contribution in [3.63, 3.8) is 0 Å². The van der Waals surface area contributed by atoms with Crippen molar-refractivity contribution in [2.24, 2.45) is 10.2 Å². The maximum atomic E-state index is 12.3. The van der Waals surface area contributed by atoms with Gasteiger partial charge in [0.1, 0.15) is 0 Å². The average Bonchev–Trinajstić information content (AvgIpc) is 2.69. The van der Waals surface area contributed by atoms with E-state index in [-0.39, 0.29) is 11.5 Å². The van der Waals surface area contributed by atoms with Gasteiger partial charge in [0, 0.05) is 32.9 Å². The molecular formula is C20H28N4O3S. The summed E-state index contributed by atoms with van der Waals surface area (Å²) in [4.78, 5) is 2.21. The van der Waals surface area contributed by atoms with Gasteiger partial charge in [-0.25, -0.2) is 13.1 Å². The molecule has 0 aliphatic rings.